The molecule has 0 bridgehead atoms. The molecule has 0 aromatic carbocycles. The summed E-state index contributed by atoms with van der Waals surface area (Å²) in [5.74, 6) is 5.88. The van der Waals surface area contributed by atoms with E-state index in [-0.39, 0.29) is 6.29 Å². The van der Waals surface area contributed by atoms with Crippen LogP contribution in [0.1, 0.15) is 38.5 Å². The van der Waals surface area contributed by atoms with Crippen LogP contribution in [0.3, 0.4) is 0 Å². The molecule has 12 heavy (non-hydrogen) atoms. The van der Waals surface area contributed by atoms with Gasteiger partial charge in [0, 0.05) is 6.42 Å². The number of nitrogens with two attached hydrogens (primary N) is 1. The molecule has 2 fully saturated rings. The zero-order valence-corrected chi connectivity index (χ0v) is 7.37. The lowest BCUT2D eigenvalue weighted by molar-refractivity contribution is -0.218. The van der Waals surface area contributed by atoms with Crippen LogP contribution < -0.4 is 5.90 Å². The molecule has 0 radical (unpaired) electrons. The standard InChI is InChI=1S/C9H17NO2/c10-12-9-6-5-7-3-1-2-4-8(7)11-9/h7-9H,1-6,10H2. The maximum Gasteiger partial charge on any atom is 0.177 e. The summed E-state index contributed by atoms with van der Waals surface area (Å²) in [6.45, 7) is 0. The second kappa shape index (κ2) is 3.73. The van der Waals surface area contributed by atoms with Crippen LogP contribution in [0.15, 0.2) is 0 Å². The third-order valence-corrected chi connectivity index (χ3v) is 3.09. The van der Waals surface area contributed by atoms with Crippen molar-refractivity contribution in [3.63, 3.8) is 0 Å². The number of rotatable bonds is 1. The van der Waals surface area contributed by atoms with E-state index >= 15 is 0 Å². The van der Waals surface area contributed by atoms with Gasteiger partial charge in [-0.25, -0.2) is 5.90 Å². The highest BCUT2D eigenvalue weighted by Crippen LogP contribution is 2.35. The van der Waals surface area contributed by atoms with E-state index in [4.69, 9.17) is 15.5 Å². The maximum absolute atomic E-state index is 5.69. The third kappa shape index (κ3) is 1.63. The normalized spacial score (nSPS) is 42.2. The summed E-state index contributed by atoms with van der Waals surface area (Å²) in [4.78, 5) is 4.72. The van der Waals surface area contributed by atoms with Gasteiger partial charge in [-0.05, 0) is 25.2 Å². The Hall–Kier alpha value is -0.120. The largest absolute Gasteiger partial charge is 0.347 e. The van der Waals surface area contributed by atoms with E-state index in [0.717, 1.165) is 12.3 Å². The Bertz CT molecular complexity index is 151. The van der Waals surface area contributed by atoms with Gasteiger partial charge in [0.15, 0.2) is 6.29 Å². The summed E-state index contributed by atoms with van der Waals surface area (Å²) in [7, 11) is 0. The van der Waals surface area contributed by atoms with Crippen molar-refractivity contribution >= 4 is 0 Å². The topological polar surface area (TPSA) is 44.5 Å². The van der Waals surface area contributed by atoms with Gasteiger partial charge in [-0.3, -0.25) is 4.84 Å². The van der Waals surface area contributed by atoms with E-state index < -0.39 is 0 Å². The van der Waals surface area contributed by atoms with Gasteiger partial charge in [0.25, 0.3) is 0 Å². The minimum atomic E-state index is -0.135. The molecule has 1 saturated heterocycles. The predicted octanol–water partition coefficient (Wildman–Crippen LogP) is 1.57. The fourth-order valence-electron chi connectivity index (χ4n) is 2.40. The van der Waals surface area contributed by atoms with Crippen LogP contribution in [0.25, 0.3) is 0 Å². The number of ether oxygens (including phenoxy) is 1. The lowest BCUT2D eigenvalue weighted by Gasteiger charge is -2.38. The minimum Gasteiger partial charge on any atom is -0.347 e. The smallest absolute Gasteiger partial charge is 0.177 e. The van der Waals surface area contributed by atoms with Gasteiger partial charge < -0.3 is 4.74 Å². The van der Waals surface area contributed by atoms with Crippen molar-refractivity contribution in [2.75, 3.05) is 0 Å². The average Bonchev–Trinajstić information content (AvgIpc) is 2.17. The van der Waals surface area contributed by atoms with E-state index in [1.807, 2.05) is 0 Å². The van der Waals surface area contributed by atoms with E-state index in [2.05, 4.69) is 0 Å². The van der Waals surface area contributed by atoms with E-state index in [1.165, 1.54) is 32.1 Å². The molecule has 1 heterocycles. The minimum absolute atomic E-state index is 0.135. The highest BCUT2D eigenvalue weighted by molar-refractivity contribution is 4.79. The first-order chi connectivity index (χ1) is 5.90. The average molecular weight is 171 g/mol. The van der Waals surface area contributed by atoms with Crippen molar-refractivity contribution in [3.8, 4) is 0 Å². The first-order valence-electron chi connectivity index (χ1n) is 4.91. The molecule has 0 aromatic rings. The second-order valence-electron chi connectivity index (χ2n) is 3.86. The van der Waals surface area contributed by atoms with Crippen molar-refractivity contribution in [1.82, 2.24) is 0 Å². The molecule has 1 aliphatic heterocycles. The number of hydrogen-bond donors (Lipinski definition) is 1. The lowest BCUT2D eigenvalue weighted by atomic mass is 9.82. The molecule has 2 rings (SSSR count). The Balaban J connectivity index is 1.90. The quantitative estimate of drug-likeness (QED) is 0.609. The van der Waals surface area contributed by atoms with Crippen molar-refractivity contribution in [3.05, 3.63) is 0 Å². The van der Waals surface area contributed by atoms with Crippen LogP contribution in [0.4, 0.5) is 0 Å². The number of fused-ring (bicyclic) bond motifs is 1. The van der Waals surface area contributed by atoms with Gasteiger partial charge in [-0.1, -0.05) is 12.8 Å². The van der Waals surface area contributed by atoms with E-state index in [1.54, 1.807) is 0 Å². The summed E-state index contributed by atoms with van der Waals surface area (Å²) in [5, 5.41) is 0. The van der Waals surface area contributed by atoms with Crippen LogP contribution >= 0.6 is 0 Å². The van der Waals surface area contributed by atoms with Crippen molar-refractivity contribution in [2.45, 2.75) is 50.9 Å². The zero-order chi connectivity index (χ0) is 8.39. The van der Waals surface area contributed by atoms with Gasteiger partial charge in [-0.2, -0.15) is 0 Å². The molecule has 3 atom stereocenters. The monoisotopic (exact) mass is 171 g/mol. The first kappa shape index (κ1) is 8.48. The van der Waals surface area contributed by atoms with Crippen molar-refractivity contribution in [2.24, 2.45) is 11.8 Å². The fourth-order valence-corrected chi connectivity index (χ4v) is 2.40. The van der Waals surface area contributed by atoms with Crippen LogP contribution in [-0.4, -0.2) is 12.4 Å². The molecule has 2 aliphatic rings. The molecule has 0 aromatic heterocycles. The molecular weight excluding hydrogens is 154 g/mol. The number of hydrogen-bond acceptors (Lipinski definition) is 3. The Labute approximate surface area is 73.2 Å². The molecule has 1 saturated carbocycles. The van der Waals surface area contributed by atoms with Gasteiger partial charge in [0.05, 0.1) is 6.10 Å². The SMILES string of the molecule is NOC1CCC2CCCCC2O1. The van der Waals surface area contributed by atoms with E-state index in [9.17, 15) is 0 Å². The molecule has 1 aliphatic carbocycles. The molecule has 3 nitrogen and oxygen atoms in total. The van der Waals surface area contributed by atoms with Crippen LogP contribution in [0.5, 0.6) is 0 Å². The maximum atomic E-state index is 5.69. The van der Waals surface area contributed by atoms with Gasteiger partial charge in [-0.15, -0.1) is 0 Å². The van der Waals surface area contributed by atoms with E-state index in [0.29, 0.717) is 6.10 Å². The second-order valence-corrected chi connectivity index (χ2v) is 3.86. The lowest BCUT2D eigenvalue weighted by Crippen LogP contribution is -2.39. The summed E-state index contributed by atoms with van der Waals surface area (Å²) in [6.07, 6.45) is 7.71. The summed E-state index contributed by atoms with van der Waals surface area (Å²) < 4.78 is 5.69. The summed E-state index contributed by atoms with van der Waals surface area (Å²) in [6, 6.07) is 0. The first-order valence-corrected chi connectivity index (χ1v) is 4.91. The summed E-state index contributed by atoms with van der Waals surface area (Å²) >= 11 is 0. The van der Waals surface area contributed by atoms with Gasteiger partial charge in [0.1, 0.15) is 0 Å². The third-order valence-electron chi connectivity index (χ3n) is 3.09. The Morgan fingerprint density at radius 1 is 1.08 bits per heavy atom. The molecular formula is C9H17NO2. The Kier molecular flexibility index (Phi) is 2.63. The molecule has 2 N–H and O–H groups in total. The molecule has 3 unspecified atom stereocenters. The highest BCUT2D eigenvalue weighted by atomic mass is 16.8. The Morgan fingerprint density at radius 2 is 1.92 bits per heavy atom. The predicted molar refractivity (Wildman–Crippen MR) is 45.1 cm³/mol. The molecule has 70 valence electrons. The van der Waals surface area contributed by atoms with Crippen LogP contribution in [0, 0.1) is 5.92 Å². The van der Waals surface area contributed by atoms with Crippen LogP contribution in [0.2, 0.25) is 0 Å². The molecule has 3 heteroatoms. The Morgan fingerprint density at radius 3 is 2.75 bits per heavy atom. The van der Waals surface area contributed by atoms with Crippen molar-refractivity contribution in [1.29, 1.82) is 0 Å². The highest BCUT2D eigenvalue weighted by Gasteiger charge is 2.32. The molecule has 0 amide bonds. The van der Waals surface area contributed by atoms with Gasteiger partial charge in [0.2, 0.25) is 0 Å². The van der Waals surface area contributed by atoms with Crippen LogP contribution in [-0.2, 0) is 9.57 Å². The zero-order valence-electron chi connectivity index (χ0n) is 7.37. The molecule has 0 spiro atoms. The fraction of sp³-hybridized carbons (Fsp3) is 1.00. The van der Waals surface area contributed by atoms with Gasteiger partial charge >= 0.3 is 0 Å². The van der Waals surface area contributed by atoms with Crippen molar-refractivity contribution < 1.29 is 9.57 Å². The summed E-state index contributed by atoms with van der Waals surface area (Å²) in [5.41, 5.74) is 0.